The van der Waals surface area contributed by atoms with E-state index in [1.165, 1.54) is 0 Å². The fourth-order valence-electron chi connectivity index (χ4n) is 1.72. The Morgan fingerprint density at radius 2 is 2.12 bits per heavy atom. The third-order valence-corrected chi connectivity index (χ3v) is 4.08. The largest absolute Gasteiger partial charge is 0.395 e. The predicted octanol–water partition coefficient (Wildman–Crippen LogP) is 2.10. The molecule has 1 aromatic heterocycles. The van der Waals surface area contributed by atoms with Crippen LogP contribution in [-0.2, 0) is 0 Å². The molecule has 0 saturated carbocycles. The summed E-state index contributed by atoms with van der Waals surface area (Å²) in [5.74, 6) is 0. The predicted molar refractivity (Wildman–Crippen MR) is 70.0 cm³/mol. The van der Waals surface area contributed by atoms with E-state index in [0.717, 1.165) is 9.21 Å². The van der Waals surface area contributed by atoms with Gasteiger partial charge in [-0.25, -0.2) is 0 Å². The molecule has 0 aliphatic rings. The van der Waals surface area contributed by atoms with E-state index in [9.17, 15) is 5.11 Å². The van der Waals surface area contributed by atoms with Crippen molar-refractivity contribution in [3.05, 3.63) is 21.3 Å². The molecule has 5 heteroatoms. The minimum atomic E-state index is -0.00582. The van der Waals surface area contributed by atoms with Crippen molar-refractivity contribution in [1.82, 2.24) is 4.90 Å². The van der Waals surface area contributed by atoms with Gasteiger partial charge in [0.15, 0.2) is 0 Å². The topological polar surface area (TPSA) is 49.5 Å². The van der Waals surface area contributed by atoms with Crippen molar-refractivity contribution in [3.63, 3.8) is 0 Å². The van der Waals surface area contributed by atoms with E-state index in [1.54, 1.807) is 11.3 Å². The third kappa shape index (κ3) is 3.18. The van der Waals surface area contributed by atoms with Crippen LogP contribution in [0.1, 0.15) is 24.8 Å². The highest BCUT2D eigenvalue weighted by molar-refractivity contribution is 7.16. The maximum absolute atomic E-state index is 9.18. The molecule has 16 heavy (non-hydrogen) atoms. The summed E-state index contributed by atoms with van der Waals surface area (Å²) in [6, 6.07) is 4.06. The van der Waals surface area contributed by atoms with Crippen LogP contribution in [0.5, 0.6) is 0 Å². The number of hydrogen-bond acceptors (Lipinski definition) is 4. The van der Waals surface area contributed by atoms with Gasteiger partial charge in [0.25, 0.3) is 0 Å². The Hall–Kier alpha value is -0.130. The molecule has 0 bridgehead atoms. The van der Waals surface area contributed by atoms with Gasteiger partial charge in [0, 0.05) is 17.0 Å². The molecule has 0 spiro atoms. The van der Waals surface area contributed by atoms with Gasteiger partial charge in [-0.2, -0.15) is 0 Å². The maximum Gasteiger partial charge on any atom is 0.0931 e. The van der Waals surface area contributed by atoms with E-state index in [0.29, 0.717) is 0 Å². The highest BCUT2D eigenvalue weighted by atomic mass is 35.5. The minimum absolute atomic E-state index is 0.00582. The molecule has 1 heterocycles. The van der Waals surface area contributed by atoms with Crippen molar-refractivity contribution in [2.45, 2.75) is 32.0 Å². The summed E-state index contributed by atoms with van der Waals surface area (Å²) < 4.78 is 0.769. The number of thiophene rings is 1. The first kappa shape index (κ1) is 13.9. The first-order valence-electron chi connectivity index (χ1n) is 5.31. The van der Waals surface area contributed by atoms with Crippen molar-refractivity contribution in [3.8, 4) is 0 Å². The fourth-order valence-corrected chi connectivity index (χ4v) is 3.05. The highest BCUT2D eigenvalue weighted by Crippen LogP contribution is 2.32. The van der Waals surface area contributed by atoms with Gasteiger partial charge >= 0.3 is 0 Å². The molecule has 92 valence electrons. The highest BCUT2D eigenvalue weighted by Gasteiger charge is 2.25. The summed E-state index contributed by atoms with van der Waals surface area (Å²) in [5.41, 5.74) is 6.01. The van der Waals surface area contributed by atoms with Crippen molar-refractivity contribution in [2.24, 2.45) is 5.73 Å². The monoisotopic (exact) mass is 262 g/mol. The van der Waals surface area contributed by atoms with Crippen molar-refractivity contribution in [2.75, 3.05) is 13.7 Å². The lowest BCUT2D eigenvalue weighted by Crippen LogP contribution is -2.42. The molecule has 0 saturated heterocycles. The molecule has 0 aromatic carbocycles. The molecule has 3 atom stereocenters. The summed E-state index contributed by atoms with van der Waals surface area (Å²) in [6.45, 7) is 4.07. The van der Waals surface area contributed by atoms with E-state index in [-0.39, 0.29) is 24.7 Å². The van der Waals surface area contributed by atoms with Gasteiger partial charge in [-0.05, 0) is 33.0 Å². The van der Waals surface area contributed by atoms with Crippen LogP contribution in [0, 0.1) is 0 Å². The van der Waals surface area contributed by atoms with Crippen LogP contribution in [0.3, 0.4) is 0 Å². The van der Waals surface area contributed by atoms with Crippen LogP contribution in [-0.4, -0.2) is 35.7 Å². The summed E-state index contributed by atoms with van der Waals surface area (Å²) >= 11 is 7.48. The Kier molecular flexibility index (Phi) is 5.21. The summed E-state index contributed by atoms with van der Waals surface area (Å²) in [7, 11) is 1.97. The fraction of sp³-hybridized carbons (Fsp3) is 0.636. The van der Waals surface area contributed by atoms with Crippen LogP contribution in [0.25, 0.3) is 0 Å². The Morgan fingerprint density at radius 1 is 1.50 bits per heavy atom. The molecule has 3 nitrogen and oxygen atoms in total. The maximum atomic E-state index is 9.18. The molecular formula is C11H19ClN2OS. The van der Waals surface area contributed by atoms with Crippen LogP contribution in [0.2, 0.25) is 4.34 Å². The lowest BCUT2D eigenvalue weighted by atomic mass is 10.1. The standard InChI is InChI=1S/C11H19ClN2OS/c1-7(6-15)14(3)11(8(2)13)9-4-5-10(12)16-9/h4-5,7-8,11,15H,6,13H2,1-3H3. The van der Waals surface area contributed by atoms with Gasteiger partial charge in [0.1, 0.15) is 0 Å². The van der Waals surface area contributed by atoms with Gasteiger partial charge in [-0.3, -0.25) is 4.90 Å². The van der Waals surface area contributed by atoms with E-state index in [1.807, 2.05) is 33.0 Å². The molecule has 3 N–H and O–H groups in total. The number of aliphatic hydroxyl groups excluding tert-OH is 1. The van der Waals surface area contributed by atoms with E-state index >= 15 is 0 Å². The minimum Gasteiger partial charge on any atom is -0.395 e. The van der Waals surface area contributed by atoms with E-state index in [4.69, 9.17) is 17.3 Å². The number of hydrogen-bond donors (Lipinski definition) is 2. The number of nitrogens with two attached hydrogens (primary N) is 1. The SMILES string of the molecule is CC(N)C(c1ccc(Cl)s1)N(C)C(C)CO. The normalized spacial score (nSPS) is 17.4. The molecule has 0 aliphatic carbocycles. The molecule has 0 aliphatic heterocycles. The van der Waals surface area contributed by atoms with Crippen LogP contribution in [0.15, 0.2) is 12.1 Å². The molecular weight excluding hydrogens is 244 g/mol. The summed E-state index contributed by atoms with van der Waals surface area (Å²) in [6.07, 6.45) is 0. The summed E-state index contributed by atoms with van der Waals surface area (Å²) in [5, 5.41) is 9.18. The second-order valence-corrected chi connectivity index (χ2v) is 5.89. The second-order valence-electron chi connectivity index (χ2n) is 4.14. The Bertz CT molecular complexity index is 330. The number of halogens is 1. The quantitative estimate of drug-likeness (QED) is 0.855. The number of likely N-dealkylation sites (N-methyl/N-ethyl adjacent to an activating group) is 1. The second kappa shape index (κ2) is 5.98. The number of nitrogens with zero attached hydrogens (tertiary/aromatic N) is 1. The van der Waals surface area contributed by atoms with Gasteiger partial charge in [0.05, 0.1) is 17.0 Å². The lowest BCUT2D eigenvalue weighted by molar-refractivity contribution is 0.111. The van der Waals surface area contributed by atoms with Crippen molar-refractivity contribution in [1.29, 1.82) is 0 Å². The molecule has 0 fully saturated rings. The first-order chi connectivity index (χ1) is 7.47. The van der Waals surface area contributed by atoms with Gasteiger partial charge in [-0.15, -0.1) is 11.3 Å². The lowest BCUT2D eigenvalue weighted by Gasteiger charge is -2.34. The van der Waals surface area contributed by atoms with Gasteiger partial charge in [0.2, 0.25) is 0 Å². The molecule has 3 unspecified atom stereocenters. The Balaban J connectivity index is 2.91. The van der Waals surface area contributed by atoms with Crippen molar-refractivity contribution < 1.29 is 5.11 Å². The molecule has 0 radical (unpaired) electrons. The zero-order valence-electron chi connectivity index (χ0n) is 9.85. The number of aliphatic hydroxyl groups is 1. The van der Waals surface area contributed by atoms with Crippen LogP contribution >= 0.6 is 22.9 Å². The third-order valence-electron chi connectivity index (χ3n) is 2.78. The molecule has 1 aromatic rings. The zero-order valence-corrected chi connectivity index (χ0v) is 11.4. The zero-order chi connectivity index (χ0) is 12.3. The number of rotatable bonds is 5. The summed E-state index contributed by atoms with van der Waals surface area (Å²) in [4.78, 5) is 3.23. The smallest absolute Gasteiger partial charge is 0.0931 e. The van der Waals surface area contributed by atoms with E-state index in [2.05, 4.69) is 4.90 Å². The van der Waals surface area contributed by atoms with Gasteiger partial charge < -0.3 is 10.8 Å². The van der Waals surface area contributed by atoms with Crippen LogP contribution in [0.4, 0.5) is 0 Å². The molecule has 0 amide bonds. The van der Waals surface area contributed by atoms with E-state index < -0.39 is 0 Å². The van der Waals surface area contributed by atoms with Crippen LogP contribution < -0.4 is 5.73 Å². The Labute approximate surface area is 106 Å². The van der Waals surface area contributed by atoms with Crippen molar-refractivity contribution >= 4 is 22.9 Å². The average Bonchev–Trinajstić information content (AvgIpc) is 2.63. The Morgan fingerprint density at radius 3 is 2.50 bits per heavy atom. The van der Waals surface area contributed by atoms with Gasteiger partial charge in [-0.1, -0.05) is 11.6 Å². The first-order valence-corrected chi connectivity index (χ1v) is 6.50. The average molecular weight is 263 g/mol. The molecule has 1 rings (SSSR count).